The molecule has 0 amide bonds. The highest BCUT2D eigenvalue weighted by molar-refractivity contribution is 5.64. The summed E-state index contributed by atoms with van der Waals surface area (Å²) >= 11 is 0. The summed E-state index contributed by atoms with van der Waals surface area (Å²) in [6, 6.07) is 6.35. The van der Waals surface area contributed by atoms with Gasteiger partial charge >= 0.3 is 11.4 Å². The number of rotatable bonds is 6. The Morgan fingerprint density at radius 2 is 0.623 bits per heavy atom. The number of pyridine rings is 2. The summed E-state index contributed by atoms with van der Waals surface area (Å²) in [5.74, 6) is 1.65. The van der Waals surface area contributed by atoms with E-state index in [4.69, 9.17) is 57.3 Å². The zero-order valence-corrected chi connectivity index (χ0v) is 35.1. The van der Waals surface area contributed by atoms with Gasteiger partial charge in [-0.15, -0.1) is 0 Å². The fourth-order valence-electron chi connectivity index (χ4n) is 6.65. The number of nitrogens with zero attached hydrogens (tertiary/aromatic N) is 8. The van der Waals surface area contributed by atoms with Crippen LogP contribution in [-0.4, -0.2) is 204 Å². The van der Waals surface area contributed by atoms with Crippen LogP contribution in [0, 0.1) is 20.2 Å². The highest BCUT2D eigenvalue weighted by Gasteiger charge is 2.27. The van der Waals surface area contributed by atoms with Gasteiger partial charge in [-0.2, -0.15) is 0 Å². The Hall–Kier alpha value is -4.10. The van der Waals surface area contributed by atoms with Crippen LogP contribution < -0.4 is 19.6 Å². The minimum atomic E-state index is -0.423. The Balaban J connectivity index is 1.28. The second kappa shape index (κ2) is 28.5. The van der Waals surface area contributed by atoms with Crippen molar-refractivity contribution in [2.75, 3.05) is 204 Å². The molecule has 2 aromatic heterocycles. The predicted octanol–water partition coefficient (Wildman–Crippen LogP) is 1.82. The normalized spacial score (nSPS) is 21.0. The van der Waals surface area contributed by atoms with Crippen molar-refractivity contribution in [3.63, 3.8) is 0 Å². The van der Waals surface area contributed by atoms with E-state index in [-0.39, 0.29) is 23.0 Å². The van der Waals surface area contributed by atoms with Gasteiger partial charge in [-0.05, 0) is 18.6 Å². The van der Waals surface area contributed by atoms with Gasteiger partial charge in [-0.25, -0.2) is 9.97 Å². The minimum absolute atomic E-state index is 0.117. The second-order valence-corrected chi connectivity index (χ2v) is 14.0. The number of nitro groups is 2. The first-order valence-corrected chi connectivity index (χ1v) is 21.1. The first kappa shape index (κ1) is 47.9. The van der Waals surface area contributed by atoms with Crippen molar-refractivity contribution in [1.29, 1.82) is 0 Å². The molecule has 0 atom stereocenters. The third-order valence-electron chi connectivity index (χ3n) is 9.81. The molecular weight excluding hydrogens is 804 g/mol. The van der Waals surface area contributed by atoms with Crippen LogP contribution in [0.15, 0.2) is 24.3 Å². The van der Waals surface area contributed by atoms with Crippen molar-refractivity contribution in [1.82, 2.24) is 9.97 Å². The van der Waals surface area contributed by atoms with Crippen molar-refractivity contribution in [3.05, 3.63) is 44.5 Å². The molecule has 342 valence electrons. The van der Waals surface area contributed by atoms with Crippen LogP contribution in [0.5, 0.6) is 0 Å². The zero-order valence-electron chi connectivity index (χ0n) is 35.1. The van der Waals surface area contributed by atoms with Gasteiger partial charge in [0, 0.05) is 64.5 Å². The van der Waals surface area contributed by atoms with Gasteiger partial charge in [0.15, 0.2) is 0 Å². The maximum atomic E-state index is 12.3. The van der Waals surface area contributed by atoms with Crippen LogP contribution in [0.25, 0.3) is 0 Å². The lowest BCUT2D eigenvalue weighted by Crippen LogP contribution is -2.35. The van der Waals surface area contributed by atoms with E-state index >= 15 is 0 Å². The Bertz CT molecular complexity index is 1420. The van der Waals surface area contributed by atoms with Crippen LogP contribution >= 0.6 is 0 Å². The van der Waals surface area contributed by atoms with Crippen LogP contribution in [0.2, 0.25) is 0 Å². The van der Waals surface area contributed by atoms with Crippen LogP contribution in [0.3, 0.4) is 0 Å². The van der Waals surface area contributed by atoms with Gasteiger partial charge in [0.1, 0.15) is 11.6 Å². The van der Waals surface area contributed by atoms with Gasteiger partial charge in [0.25, 0.3) is 0 Å². The van der Waals surface area contributed by atoms with Crippen molar-refractivity contribution >= 4 is 34.6 Å². The first-order valence-electron chi connectivity index (χ1n) is 21.1. The molecule has 0 aromatic carbocycles. The lowest BCUT2D eigenvalue weighted by Gasteiger charge is -2.27. The molecule has 22 heteroatoms. The molecule has 3 fully saturated rings. The van der Waals surface area contributed by atoms with Gasteiger partial charge in [0.05, 0.1) is 142 Å². The molecule has 3 aliphatic rings. The van der Waals surface area contributed by atoms with E-state index in [0.717, 1.165) is 0 Å². The Labute approximate surface area is 356 Å². The third-order valence-corrected chi connectivity index (χ3v) is 9.81. The maximum absolute atomic E-state index is 12.3. The number of hydrogen-bond acceptors (Lipinski definition) is 20. The second-order valence-electron chi connectivity index (χ2n) is 14.0. The fraction of sp³-hybridized carbons (Fsp3) is 0.744. The smallest absolute Gasteiger partial charge is 0.311 e. The molecule has 0 N–H and O–H groups in total. The van der Waals surface area contributed by atoms with E-state index in [1.807, 2.05) is 9.80 Å². The molecule has 0 saturated carbocycles. The molecule has 0 unspecified atom stereocenters. The molecule has 0 radical (unpaired) electrons. The van der Waals surface area contributed by atoms with Crippen LogP contribution in [0.4, 0.5) is 34.6 Å². The Morgan fingerprint density at radius 3 is 0.885 bits per heavy atom. The highest BCUT2D eigenvalue weighted by Crippen LogP contribution is 2.32. The largest absolute Gasteiger partial charge is 0.377 e. The standard InChI is InChI=1S/C39H62N8O14/c48-46(49)34-2-4-36(40-38(34)44-10-14-52-18-22-56-26-30-60-31-27-57-23-19-53-15-11-44)42-6-1-7-43(9-8-42)37-5-3-35(47(50)51)39(41-37)45-12-16-54-20-24-58-28-32-61-33-29-59-25-21-55-17-13-45/h2-5H,1,6-33H2. The fourth-order valence-corrected chi connectivity index (χ4v) is 6.65. The lowest BCUT2D eigenvalue weighted by atomic mass is 10.3. The SMILES string of the molecule is O=[N+]([O-])c1ccc(N2CCCN(c3ccc([N+](=O)[O-])c(N4CCOCCOCCOCCOCCOCC4)n3)CC2)nc1N1CCOCCOCCOCCOCCOCC1. The number of anilines is 4. The van der Waals surface area contributed by atoms with E-state index in [2.05, 4.69) is 9.80 Å². The number of aromatic nitrogens is 2. The first-order chi connectivity index (χ1) is 30.0. The van der Waals surface area contributed by atoms with E-state index in [0.29, 0.717) is 203 Å². The topological polar surface area (TPSA) is 217 Å². The van der Waals surface area contributed by atoms with E-state index in [9.17, 15) is 20.2 Å². The lowest BCUT2D eigenvalue weighted by molar-refractivity contribution is -0.384. The average Bonchev–Trinajstić information content (AvgIpc) is 3.52. The molecule has 5 heterocycles. The van der Waals surface area contributed by atoms with E-state index < -0.39 is 9.85 Å². The summed E-state index contributed by atoms with van der Waals surface area (Å²) < 4.78 is 56.5. The van der Waals surface area contributed by atoms with E-state index in [1.165, 1.54) is 12.1 Å². The Morgan fingerprint density at radius 1 is 0.361 bits per heavy atom. The quantitative estimate of drug-likeness (QED) is 0.299. The minimum Gasteiger partial charge on any atom is -0.377 e. The summed E-state index contributed by atoms with van der Waals surface area (Å²) in [5.41, 5.74) is -0.234. The number of ether oxygens (including phenoxy) is 10. The van der Waals surface area contributed by atoms with Crippen molar-refractivity contribution in [3.8, 4) is 0 Å². The molecule has 3 aliphatic heterocycles. The van der Waals surface area contributed by atoms with Crippen molar-refractivity contribution in [2.24, 2.45) is 0 Å². The summed E-state index contributed by atoms with van der Waals surface area (Å²) in [6.45, 7) is 11.5. The third kappa shape index (κ3) is 17.3. The molecule has 5 rings (SSSR count). The zero-order chi connectivity index (χ0) is 42.7. The van der Waals surface area contributed by atoms with Crippen LogP contribution in [0.1, 0.15) is 6.42 Å². The molecule has 3 saturated heterocycles. The van der Waals surface area contributed by atoms with Crippen LogP contribution in [-0.2, 0) is 47.4 Å². The summed E-state index contributed by atoms with van der Waals surface area (Å²) in [7, 11) is 0. The molecule has 2 aromatic rings. The molecule has 61 heavy (non-hydrogen) atoms. The molecule has 0 bridgehead atoms. The predicted molar refractivity (Wildman–Crippen MR) is 223 cm³/mol. The van der Waals surface area contributed by atoms with Crippen molar-refractivity contribution in [2.45, 2.75) is 6.42 Å². The average molecular weight is 867 g/mol. The molecule has 22 nitrogen and oxygen atoms in total. The van der Waals surface area contributed by atoms with Crippen molar-refractivity contribution < 1.29 is 57.2 Å². The summed E-state index contributed by atoms with van der Waals surface area (Å²) in [6.07, 6.45) is 0.714. The summed E-state index contributed by atoms with van der Waals surface area (Å²) in [5, 5.41) is 24.6. The van der Waals surface area contributed by atoms with Gasteiger partial charge in [-0.3, -0.25) is 20.2 Å². The van der Waals surface area contributed by atoms with Gasteiger partial charge < -0.3 is 67.0 Å². The molecule has 0 aliphatic carbocycles. The molecular formula is C39H62N8O14. The Kier molecular flexibility index (Phi) is 22.4. The summed E-state index contributed by atoms with van der Waals surface area (Å²) in [4.78, 5) is 41.4. The highest BCUT2D eigenvalue weighted by atomic mass is 16.6. The number of hydrogen-bond donors (Lipinski definition) is 0. The monoisotopic (exact) mass is 866 g/mol. The molecule has 0 spiro atoms. The van der Waals surface area contributed by atoms with Gasteiger partial charge in [-0.1, -0.05) is 0 Å². The van der Waals surface area contributed by atoms with E-state index in [1.54, 1.807) is 12.1 Å². The van der Waals surface area contributed by atoms with Gasteiger partial charge in [0.2, 0.25) is 11.6 Å². The maximum Gasteiger partial charge on any atom is 0.311 e.